The first-order valence-corrected chi connectivity index (χ1v) is 10.0. The molecular weight excluding hydrogens is 342 g/mol. The Balaban J connectivity index is 4.96. The molecule has 0 aromatic rings. The van der Waals surface area contributed by atoms with E-state index in [2.05, 4.69) is 46.9 Å². The summed E-state index contributed by atoms with van der Waals surface area (Å²) in [6, 6.07) is -0.714. The van der Waals surface area contributed by atoms with Gasteiger partial charge in [-0.3, -0.25) is 9.59 Å². The molecule has 0 aliphatic rings. The third-order valence-corrected chi connectivity index (χ3v) is 4.35. The van der Waals surface area contributed by atoms with Crippen molar-refractivity contribution in [3.05, 3.63) is 0 Å². The van der Waals surface area contributed by atoms with E-state index in [-0.39, 0.29) is 17.3 Å². The van der Waals surface area contributed by atoms with Crippen LogP contribution in [0.5, 0.6) is 0 Å². The highest BCUT2D eigenvalue weighted by Crippen LogP contribution is 2.33. The Morgan fingerprint density at radius 2 is 1.33 bits per heavy atom. The molecule has 0 fully saturated rings. The molecule has 0 radical (unpaired) electrons. The lowest BCUT2D eigenvalue weighted by atomic mass is 9.81. The highest BCUT2D eigenvalue weighted by atomic mass is 16.6. The van der Waals surface area contributed by atoms with Crippen LogP contribution in [0.3, 0.4) is 0 Å². The fourth-order valence-corrected chi connectivity index (χ4v) is 3.80. The van der Waals surface area contributed by atoms with E-state index < -0.39 is 29.2 Å². The van der Waals surface area contributed by atoms with Crippen molar-refractivity contribution in [2.75, 3.05) is 7.05 Å². The third kappa shape index (κ3) is 11.4. The van der Waals surface area contributed by atoms with Crippen LogP contribution in [0, 0.1) is 10.8 Å². The van der Waals surface area contributed by atoms with Crippen molar-refractivity contribution in [3.8, 4) is 0 Å². The van der Waals surface area contributed by atoms with Crippen molar-refractivity contribution < 1.29 is 19.1 Å². The summed E-state index contributed by atoms with van der Waals surface area (Å²) in [5.41, 5.74) is -1.06. The Hall–Kier alpha value is -1.10. The lowest BCUT2D eigenvalue weighted by molar-refractivity contribution is -0.170. The number of hydrogen-bond donors (Lipinski definition) is 1. The molecule has 0 saturated carbocycles. The van der Waals surface area contributed by atoms with E-state index in [1.165, 1.54) is 0 Å². The van der Waals surface area contributed by atoms with Gasteiger partial charge in [-0.1, -0.05) is 48.5 Å². The zero-order valence-electron chi connectivity index (χ0n) is 19.5. The van der Waals surface area contributed by atoms with Gasteiger partial charge in [-0.05, 0) is 57.9 Å². The summed E-state index contributed by atoms with van der Waals surface area (Å²) >= 11 is 0. The monoisotopic (exact) mass is 385 g/mol. The Bertz CT molecular complexity index is 499. The van der Waals surface area contributed by atoms with Gasteiger partial charge in [0.25, 0.3) is 0 Å². The molecule has 0 amide bonds. The predicted octanol–water partition coefficient (Wildman–Crippen LogP) is 4.87. The van der Waals surface area contributed by atoms with Crippen LogP contribution < -0.4 is 5.32 Å². The molecule has 2 unspecified atom stereocenters. The molecule has 0 aromatic carbocycles. The van der Waals surface area contributed by atoms with Crippen molar-refractivity contribution in [1.82, 2.24) is 5.32 Å². The van der Waals surface area contributed by atoms with E-state index in [4.69, 9.17) is 9.47 Å². The summed E-state index contributed by atoms with van der Waals surface area (Å²) < 4.78 is 11.5. The molecule has 27 heavy (non-hydrogen) atoms. The van der Waals surface area contributed by atoms with E-state index in [1.807, 2.05) is 27.7 Å². The minimum atomic E-state index is -0.714. The standard InChI is InChI=1S/C22H43NO4/c1-12-22(10,15-20(5,6)7)27-18(25)16(23-11)13-17(24)26-21(8,9)14-19(2,3)4/h16,23H,12-15H2,1-11H3. The molecular formula is C22H43NO4. The molecule has 0 aliphatic heterocycles. The summed E-state index contributed by atoms with van der Waals surface area (Å²) in [5, 5.41) is 2.90. The van der Waals surface area contributed by atoms with Crippen molar-refractivity contribution in [1.29, 1.82) is 0 Å². The fourth-order valence-electron chi connectivity index (χ4n) is 3.80. The number of rotatable bonds is 9. The van der Waals surface area contributed by atoms with Crippen LogP contribution in [0.25, 0.3) is 0 Å². The Morgan fingerprint density at radius 3 is 1.70 bits per heavy atom. The van der Waals surface area contributed by atoms with Crippen LogP contribution in [0.4, 0.5) is 0 Å². The van der Waals surface area contributed by atoms with Crippen LogP contribution in [0.2, 0.25) is 0 Å². The summed E-state index contributed by atoms with van der Waals surface area (Å²) in [7, 11) is 1.66. The minimum absolute atomic E-state index is 0.0378. The second-order valence-electron chi connectivity index (χ2n) is 11.0. The minimum Gasteiger partial charge on any atom is -0.460 e. The average molecular weight is 386 g/mol. The van der Waals surface area contributed by atoms with Gasteiger partial charge >= 0.3 is 11.9 Å². The topological polar surface area (TPSA) is 64.6 Å². The Morgan fingerprint density at radius 1 is 0.852 bits per heavy atom. The molecule has 160 valence electrons. The normalized spacial score (nSPS) is 16.4. The van der Waals surface area contributed by atoms with Crippen LogP contribution in [0.1, 0.15) is 94.9 Å². The smallest absolute Gasteiger partial charge is 0.324 e. The van der Waals surface area contributed by atoms with E-state index in [1.54, 1.807) is 7.05 Å². The molecule has 0 bridgehead atoms. The molecule has 2 atom stereocenters. The number of likely N-dealkylation sites (N-methyl/N-ethyl adjacent to an activating group) is 1. The summed E-state index contributed by atoms with van der Waals surface area (Å²) in [5.74, 6) is -0.800. The van der Waals surface area contributed by atoms with Crippen molar-refractivity contribution >= 4 is 11.9 Å². The van der Waals surface area contributed by atoms with Crippen molar-refractivity contribution in [2.45, 2.75) is 112 Å². The van der Waals surface area contributed by atoms with Gasteiger partial charge in [-0.25, -0.2) is 0 Å². The SMILES string of the molecule is CCC(C)(CC(C)(C)C)OC(=O)C(CC(=O)OC(C)(C)CC(C)(C)C)NC. The van der Waals surface area contributed by atoms with Gasteiger partial charge in [0, 0.05) is 0 Å². The number of hydrogen-bond acceptors (Lipinski definition) is 5. The maximum Gasteiger partial charge on any atom is 0.324 e. The van der Waals surface area contributed by atoms with E-state index in [0.717, 1.165) is 19.3 Å². The van der Waals surface area contributed by atoms with E-state index in [0.29, 0.717) is 0 Å². The van der Waals surface area contributed by atoms with Crippen LogP contribution >= 0.6 is 0 Å². The van der Waals surface area contributed by atoms with Gasteiger partial charge in [-0.2, -0.15) is 0 Å². The summed E-state index contributed by atoms with van der Waals surface area (Å²) in [6.45, 7) is 20.5. The molecule has 0 heterocycles. The first-order valence-electron chi connectivity index (χ1n) is 10.0. The number of carbonyl (C=O) groups excluding carboxylic acids is 2. The van der Waals surface area contributed by atoms with E-state index in [9.17, 15) is 9.59 Å². The zero-order chi connectivity index (χ0) is 21.7. The molecule has 0 spiro atoms. The number of carbonyl (C=O) groups is 2. The predicted molar refractivity (Wildman–Crippen MR) is 111 cm³/mol. The largest absolute Gasteiger partial charge is 0.460 e. The second-order valence-corrected chi connectivity index (χ2v) is 11.0. The second kappa shape index (κ2) is 9.40. The maximum absolute atomic E-state index is 12.7. The molecule has 1 N–H and O–H groups in total. The first-order chi connectivity index (χ1) is 11.9. The van der Waals surface area contributed by atoms with Gasteiger partial charge in [0.2, 0.25) is 0 Å². The van der Waals surface area contributed by atoms with Crippen LogP contribution in [-0.2, 0) is 19.1 Å². The van der Waals surface area contributed by atoms with Crippen molar-refractivity contribution in [2.24, 2.45) is 10.8 Å². The van der Waals surface area contributed by atoms with Crippen molar-refractivity contribution in [3.63, 3.8) is 0 Å². The van der Waals surface area contributed by atoms with Gasteiger partial charge < -0.3 is 14.8 Å². The highest BCUT2D eigenvalue weighted by Gasteiger charge is 2.36. The molecule has 5 heteroatoms. The number of nitrogens with one attached hydrogen (secondary N) is 1. The highest BCUT2D eigenvalue weighted by molar-refractivity contribution is 5.83. The van der Waals surface area contributed by atoms with Gasteiger partial charge in [0.15, 0.2) is 0 Å². The summed E-state index contributed by atoms with van der Waals surface area (Å²) in [4.78, 5) is 25.1. The molecule has 0 saturated heterocycles. The lowest BCUT2D eigenvalue weighted by Gasteiger charge is -2.36. The Labute approximate surface area is 167 Å². The van der Waals surface area contributed by atoms with Gasteiger partial charge in [-0.15, -0.1) is 0 Å². The fraction of sp³-hybridized carbons (Fsp3) is 0.909. The molecule has 0 rings (SSSR count). The lowest BCUT2D eigenvalue weighted by Crippen LogP contribution is -2.45. The number of esters is 2. The van der Waals surface area contributed by atoms with E-state index >= 15 is 0 Å². The van der Waals surface area contributed by atoms with Gasteiger partial charge in [0.05, 0.1) is 6.42 Å². The Kier molecular flexibility index (Phi) is 9.02. The zero-order valence-corrected chi connectivity index (χ0v) is 19.5. The van der Waals surface area contributed by atoms with Gasteiger partial charge in [0.1, 0.15) is 17.2 Å². The summed E-state index contributed by atoms with van der Waals surface area (Å²) in [6.07, 6.45) is 2.16. The third-order valence-electron chi connectivity index (χ3n) is 4.35. The first kappa shape index (κ1) is 25.9. The molecule has 5 nitrogen and oxygen atoms in total. The molecule has 0 aliphatic carbocycles. The maximum atomic E-state index is 12.7. The van der Waals surface area contributed by atoms with Crippen LogP contribution in [-0.4, -0.2) is 36.2 Å². The average Bonchev–Trinajstić information content (AvgIpc) is 2.38. The molecule has 0 aromatic heterocycles. The number of ether oxygens (including phenoxy) is 2. The van der Waals surface area contributed by atoms with Crippen LogP contribution in [0.15, 0.2) is 0 Å². The quantitative estimate of drug-likeness (QED) is 0.574.